The molecule has 2 bridgehead atoms. The zero-order valence-electron chi connectivity index (χ0n) is 38.9. The van der Waals surface area contributed by atoms with Crippen molar-refractivity contribution in [3.8, 4) is 45.1 Å². The quantitative estimate of drug-likeness (QED) is 0.0592. The van der Waals surface area contributed by atoms with E-state index in [0.29, 0.717) is 60.6 Å². The van der Waals surface area contributed by atoms with Crippen molar-refractivity contribution >= 4 is 24.0 Å². The lowest BCUT2D eigenvalue weighted by atomic mass is 9.98. The lowest BCUT2D eigenvalue weighted by Crippen LogP contribution is -2.53. The summed E-state index contributed by atoms with van der Waals surface area (Å²) in [5.41, 5.74) is 4.71. The van der Waals surface area contributed by atoms with Gasteiger partial charge in [-0.3, -0.25) is 9.59 Å². The zero-order chi connectivity index (χ0) is 47.1. The van der Waals surface area contributed by atoms with Crippen LogP contribution in [0, 0.1) is 17.8 Å². The fourth-order valence-electron chi connectivity index (χ4n) is 9.10. The van der Waals surface area contributed by atoms with Gasteiger partial charge in [0, 0.05) is 37.8 Å². The van der Waals surface area contributed by atoms with Crippen molar-refractivity contribution in [1.82, 2.24) is 40.4 Å². The van der Waals surface area contributed by atoms with Crippen molar-refractivity contribution in [3.63, 3.8) is 0 Å². The molecule has 0 unspecified atom stereocenters. The van der Waals surface area contributed by atoms with Gasteiger partial charge in [0.2, 0.25) is 11.8 Å². The number of nitrogens with zero attached hydrogens (tertiary/aromatic N) is 4. The molecule has 4 N–H and O–H groups in total. The van der Waals surface area contributed by atoms with Gasteiger partial charge < -0.3 is 58.8 Å². The van der Waals surface area contributed by atoms with E-state index in [1.807, 2.05) is 69.0 Å². The van der Waals surface area contributed by atoms with Gasteiger partial charge >= 0.3 is 12.2 Å². The molecule has 18 nitrogen and oxygen atoms in total. The number of ether oxygens (including phenoxy) is 6. The highest BCUT2D eigenvalue weighted by Gasteiger charge is 2.49. The van der Waals surface area contributed by atoms with Gasteiger partial charge in [0.05, 0.1) is 69.3 Å². The number of alkyl carbamates (subject to hydrolysis) is 2. The van der Waals surface area contributed by atoms with Crippen molar-refractivity contribution in [1.29, 1.82) is 0 Å². The van der Waals surface area contributed by atoms with Gasteiger partial charge in [-0.05, 0) is 54.4 Å². The predicted octanol–water partition coefficient (Wildman–Crippen LogP) is 6.44. The first-order valence-corrected chi connectivity index (χ1v) is 22.5. The Morgan fingerprint density at radius 3 is 1.88 bits per heavy atom. The van der Waals surface area contributed by atoms with E-state index >= 15 is 0 Å². The summed E-state index contributed by atoms with van der Waals surface area (Å²) in [6, 6.07) is 9.71. The number of carbonyl (C=O) groups excluding carboxylic acids is 4. The number of fused-ring (bicyclic) bond motifs is 2. The van der Waals surface area contributed by atoms with Crippen LogP contribution in [0.3, 0.4) is 0 Å². The van der Waals surface area contributed by atoms with E-state index in [1.54, 1.807) is 31.5 Å². The Hall–Kier alpha value is -6.40. The van der Waals surface area contributed by atoms with E-state index in [1.165, 1.54) is 14.2 Å². The van der Waals surface area contributed by atoms with Crippen LogP contribution in [0.25, 0.3) is 33.6 Å². The summed E-state index contributed by atoms with van der Waals surface area (Å²) in [6.07, 6.45) is 8.68. The van der Waals surface area contributed by atoms with Gasteiger partial charge in [-0.15, -0.1) is 0 Å². The second kappa shape index (κ2) is 21.3. The SMILES string of the molecule is COCCOc1c(-c2ccc(-c3cnc([C@@H]4[C@H]5C=C[C@H](C5)N4C(=O)[C@@H](NC(=O)OC)C(C)C)[nH]3)cc2)ccc(-c2cnc([C@@H]3CCCN3C(=O)[C@@H](NC(=O)OC)C(C)C)[nH]2)c1OCCOC. The monoisotopic (exact) mass is 910 g/mol. The second-order valence-electron chi connectivity index (χ2n) is 17.4. The Morgan fingerprint density at radius 2 is 1.26 bits per heavy atom. The van der Waals surface area contributed by atoms with Crippen LogP contribution in [0.2, 0.25) is 0 Å². The Bertz CT molecular complexity index is 2360. The maximum absolute atomic E-state index is 14.1. The molecular formula is C48H62N8O10. The van der Waals surface area contributed by atoms with E-state index < -0.39 is 24.3 Å². The first kappa shape index (κ1) is 47.6. The van der Waals surface area contributed by atoms with Crippen LogP contribution in [0.1, 0.15) is 70.7 Å². The molecule has 2 saturated heterocycles. The molecule has 18 heteroatoms. The molecule has 354 valence electrons. The Kier molecular flexibility index (Phi) is 15.3. The first-order valence-electron chi connectivity index (χ1n) is 22.5. The normalized spacial score (nSPS) is 19.6. The number of carbonyl (C=O) groups is 4. The molecular weight excluding hydrogens is 849 g/mol. The standard InChI is InChI=1S/C48H62N8O10/c1-27(2)38(53-47(59)63-7)45(57)55-19-9-10-37(55)43-49-26-36(52-43)34-18-17-33(41(65-22-20-61-5)42(34)66-23-21-62-6)29-11-13-30(14-12-29)35-25-50-44(51-35)40-31-15-16-32(24-31)56(40)46(58)39(28(3)4)54-48(60)64-8/h11-18,25-28,31-32,37-40H,9-10,19-24H2,1-8H3,(H,49,52)(H,50,51)(H,53,59)(H,54,60)/t31-,32+,37-,38-,39-,40-/m0/s1. The molecule has 1 aliphatic carbocycles. The van der Waals surface area contributed by atoms with Crippen LogP contribution in [-0.2, 0) is 28.5 Å². The van der Waals surface area contributed by atoms with Crippen molar-refractivity contribution in [2.75, 3.05) is 61.4 Å². The van der Waals surface area contributed by atoms with E-state index in [9.17, 15) is 19.2 Å². The Morgan fingerprint density at radius 1 is 0.697 bits per heavy atom. The average molecular weight is 911 g/mol. The minimum absolute atomic E-state index is 0.0837. The van der Waals surface area contributed by atoms with Crippen LogP contribution in [0.5, 0.6) is 11.5 Å². The molecule has 0 saturated carbocycles. The number of amides is 4. The number of likely N-dealkylation sites (tertiary alicyclic amines) is 2. The molecule has 2 aromatic heterocycles. The van der Waals surface area contributed by atoms with Crippen LogP contribution < -0.4 is 20.1 Å². The molecule has 2 fully saturated rings. The van der Waals surface area contributed by atoms with E-state index in [4.69, 9.17) is 38.4 Å². The fourth-order valence-corrected chi connectivity index (χ4v) is 9.10. The lowest BCUT2D eigenvalue weighted by Gasteiger charge is -2.35. The van der Waals surface area contributed by atoms with Gasteiger partial charge in [-0.2, -0.15) is 0 Å². The summed E-state index contributed by atoms with van der Waals surface area (Å²) in [7, 11) is 5.78. The molecule has 4 amide bonds. The molecule has 66 heavy (non-hydrogen) atoms. The molecule has 0 radical (unpaired) electrons. The van der Waals surface area contributed by atoms with Crippen LogP contribution >= 0.6 is 0 Å². The van der Waals surface area contributed by atoms with Crippen molar-refractivity contribution in [2.45, 2.75) is 77.2 Å². The number of imidazole rings is 2. The summed E-state index contributed by atoms with van der Waals surface area (Å²) < 4.78 is 33.3. The second-order valence-corrected chi connectivity index (χ2v) is 17.4. The van der Waals surface area contributed by atoms with Crippen LogP contribution in [-0.4, -0.2) is 133 Å². The van der Waals surface area contributed by atoms with Crippen molar-refractivity contribution in [3.05, 3.63) is 72.6 Å². The number of methoxy groups -OCH3 is 4. The number of rotatable bonds is 19. The van der Waals surface area contributed by atoms with E-state index in [0.717, 1.165) is 35.2 Å². The lowest BCUT2D eigenvalue weighted by molar-refractivity contribution is -0.137. The zero-order valence-corrected chi connectivity index (χ0v) is 38.9. The minimum Gasteiger partial charge on any atom is -0.487 e. The van der Waals surface area contributed by atoms with Crippen molar-refractivity contribution in [2.24, 2.45) is 17.8 Å². The number of aromatic nitrogens is 4. The highest BCUT2D eigenvalue weighted by Crippen LogP contribution is 2.48. The van der Waals surface area contributed by atoms with Crippen LogP contribution in [0.15, 0.2) is 60.9 Å². The fraction of sp³-hybridized carbons (Fsp3) is 0.500. The predicted molar refractivity (Wildman–Crippen MR) is 244 cm³/mol. The molecule has 3 aliphatic rings. The summed E-state index contributed by atoms with van der Waals surface area (Å²) in [5.74, 6) is 1.68. The Balaban J connectivity index is 1.17. The van der Waals surface area contributed by atoms with E-state index in [-0.39, 0.29) is 60.9 Å². The number of H-pyrrole nitrogens is 2. The molecule has 7 rings (SSSR count). The van der Waals surface area contributed by atoms with Gasteiger partial charge in [-0.1, -0.05) is 64.1 Å². The smallest absolute Gasteiger partial charge is 0.407 e. The van der Waals surface area contributed by atoms with E-state index in [2.05, 4.69) is 32.8 Å². The molecule has 2 aromatic carbocycles. The number of benzene rings is 2. The van der Waals surface area contributed by atoms with Crippen LogP contribution in [0.4, 0.5) is 9.59 Å². The minimum atomic E-state index is -0.756. The molecule has 4 aromatic rings. The van der Waals surface area contributed by atoms with Crippen molar-refractivity contribution < 1.29 is 47.6 Å². The number of aromatic amines is 2. The maximum atomic E-state index is 14.1. The molecule has 0 spiro atoms. The Labute approximate surface area is 385 Å². The van der Waals surface area contributed by atoms with Gasteiger partial charge in [-0.25, -0.2) is 19.6 Å². The largest absolute Gasteiger partial charge is 0.487 e. The third kappa shape index (κ3) is 10.0. The highest BCUT2D eigenvalue weighted by atomic mass is 16.6. The highest BCUT2D eigenvalue weighted by molar-refractivity contribution is 5.88. The third-order valence-corrected chi connectivity index (χ3v) is 12.5. The summed E-state index contributed by atoms with van der Waals surface area (Å²) in [4.78, 5) is 72.4. The molecule has 6 atom stereocenters. The third-order valence-electron chi connectivity index (χ3n) is 12.5. The number of nitrogens with one attached hydrogen (secondary N) is 4. The number of hydrogen-bond donors (Lipinski definition) is 4. The first-order chi connectivity index (χ1) is 31.9. The van der Waals surface area contributed by atoms with Gasteiger partial charge in [0.15, 0.2) is 11.5 Å². The molecule has 4 heterocycles. The summed E-state index contributed by atoms with van der Waals surface area (Å²) >= 11 is 0. The van der Waals surface area contributed by atoms with Gasteiger partial charge in [0.1, 0.15) is 36.9 Å². The average Bonchev–Trinajstić information content (AvgIpc) is 4.19. The molecule has 2 aliphatic heterocycles. The summed E-state index contributed by atoms with van der Waals surface area (Å²) in [5, 5.41) is 5.44. The van der Waals surface area contributed by atoms with Gasteiger partial charge in [0.25, 0.3) is 0 Å². The topological polar surface area (TPSA) is 212 Å². The number of hydrogen-bond acceptors (Lipinski definition) is 12. The summed E-state index contributed by atoms with van der Waals surface area (Å²) in [6.45, 7) is 9.25. The maximum Gasteiger partial charge on any atom is 0.407 e.